The second-order valence-corrected chi connectivity index (χ2v) is 6.45. The number of nitro benzene ring substituents is 1. The lowest BCUT2D eigenvalue weighted by Gasteiger charge is -2.14. The number of non-ortho nitro benzene ring substituents is 1. The molecule has 0 spiro atoms. The normalized spacial score (nSPS) is 11.2. The van der Waals surface area contributed by atoms with Gasteiger partial charge in [-0.1, -0.05) is 12.1 Å². The number of benzene rings is 2. The number of aryl methyl sites for hydroxylation is 1. The zero-order valence-electron chi connectivity index (χ0n) is 16.1. The lowest BCUT2D eigenvalue weighted by molar-refractivity contribution is -0.384. The molecule has 7 heteroatoms. The van der Waals surface area contributed by atoms with Crippen molar-refractivity contribution in [3.8, 4) is 17.5 Å². The Bertz CT molecular complexity index is 1160. The van der Waals surface area contributed by atoms with Crippen molar-refractivity contribution in [2.45, 2.75) is 13.8 Å². The van der Waals surface area contributed by atoms with Gasteiger partial charge in [0.1, 0.15) is 11.6 Å². The molecule has 0 aliphatic carbocycles. The average molecular weight is 391 g/mol. The molecule has 0 saturated carbocycles. The first-order valence-corrected chi connectivity index (χ1v) is 8.75. The highest BCUT2D eigenvalue weighted by atomic mass is 19.1. The van der Waals surface area contributed by atoms with Gasteiger partial charge in [0, 0.05) is 23.5 Å². The van der Waals surface area contributed by atoms with Crippen LogP contribution >= 0.6 is 0 Å². The number of nitriles is 1. The molecule has 0 unspecified atom stereocenters. The predicted octanol–water partition coefficient (Wildman–Crippen LogP) is 5.21. The maximum absolute atomic E-state index is 13.2. The summed E-state index contributed by atoms with van der Waals surface area (Å²) < 4.78 is 20.4. The topological polar surface area (TPSA) is 81.1 Å². The van der Waals surface area contributed by atoms with Crippen molar-refractivity contribution in [3.63, 3.8) is 0 Å². The van der Waals surface area contributed by atoms with Crippen LogP contribution in [0.2, 0.25) is 0 Å². The summed E-state index contributed by atoms with van der Waals surface area (Å²) in [6.45, 7) is 3.73. The molecular weight excluding hydrogens is 373 g/mol. The Hall–Kier alpha value is -3.92. The summed E-state index contributed by atoms with van der Waals surface area (Å²) in [5.74, 6) is 0.119. The zero-order chi connectivity index (χ0) is 21.1. The van der Waals surface area contributed by atoms with Crippen molar-refractivity contribution in [3.05, 3.63) is 87.0 Å². The van der Waals surface area contributed by atoms with E-state index in [-0.39, 0.29) is 11.5 Å². The van der Waals surface area contributed by atoms with E-state index < -0.39 is 4.92 Å². The van der Waals surface area contributed by atoms with Crippen LogP contribution in [0.1, 0.15) is 22.5 Å². The second kappa shape index (κ2) is 7.98. The van der Waals surface area contributed by atoms with Crippen LogP contribution in [0, 0.1) is 41.1 Å². The Kier molecular flexibility index (Phi) is 5.46. The molecule has 1 heterocycles. The molecule has 0 atom stereocenters. The lowest BCUT2D eigenvalue weighted by Crippen LogP contribution is -2.03. The number of allylic oxidation sites excluding steroid dienone is 1. The van der Waals surface area contributed by atoms with E-state index in [1.54, 1.807) is 24.3 Å². The Balaban J connectivity index is 2.15. The van der Waals surface area contributed by atoms with Gasteiger partial charge in [-0.05, 0) is 55.3 Å². The Labute approximate surface area is 167 Å². The predicted molar refractivity (Wildman–Crippen MR) is 108 cm³/mol. The van der Waals surface area contributed by atoms with Crippen molar-refractivity contribution in [2.75, 3.05) is 7.11 Å². The van der Waals surface area contributed by atoms with Gasteiger partial charge in [-0.15, -0.1) is 0 Å². The Morgan fingerprint density at radius 3 is 2.48 bits per heavy atom. The molecule has 0 bridgehead atoms. The van der Waals surface area contributed by atoms with E-state index in [1.807, 2.05) is 24.5 Å². The molecule has 29 heavy (non-hydrogen) atoms. The fourth-order valence-electron chi connectivity index (χ4n) is 3.24. The summed E-state index contributed by atoms with van der Waals surface area (Å²) in [7, 11) is 1.50. The quantitative estimate of drug-likeness (QED) is 0.339. The van der Waals surface area contributed by atoms with E-state index in [2.05, 4.69) is 6.07 Å². The van der Waals surface area contributed by atoms with Gasteiger partial charge in [0.05, 0.1) is 29.4 Å². The standard InChI is InChI=1S/C22H18FN3O3/c1-14-10-17(11-18(13-24)16-4-6-19(23)7-5-16)15(2)25(14)21-12-20(26(27)28)8-9-22(21)29-3/h4-12H,1-3H3. The average Bonchev–Trinajstić information content (AvgIpc) is 2.99. The highest BCUT2D eigenvalue weighted by Gasteiger charge is 2.17. The molecule has 3 rings (SSSR count). The van der Waals surface area contributed by atoms with Crippen LogP contribution in [0.15, 0.2) is 48.5 Å². The van der Waals surface area contributed by atoms with Gasteiger partial charge < -0.3 is 9.30 Å². The Morgan fingerprint density at radius 1 is 1.21 bits per heavy atom. The number of nitrogens with zero attached hydrogens (tertiary/aromatic N) is 3. The first kappa shape index (κ1) is 19.8. The fraction of sp³-hybridized carbons (Fsp3) is 0.136. The molecule has 0 N–H and O–H groups in total. The van der Waals surface area contributed by atoms with Crippen molar-refractivity contribution in [1.82, 2.24) is 4.57 Å². The minimum absolute atomic E-state index is 0.0468. The molecule has 0 fully saturated rings. The third-order valence-corrected chi connectivity index (χ3v) is 4.66. The number of nitro groups is 1. The van der Waals surface area contributed by atoms with Crippen LogP contribution in [-0.4, -0.2) is 16.6 Å². The molecular formula is C22H18FN3O3. The van der Waals surface area contributed by atoms with Crippen molar-refractivity contribution < 1.29 is 14.1 Å². The van der Waals surface area contributed by atoms with E-state index in [9.17, 15) is 19.8 Å². The second-order valence-electron chi connectivity index (χ2n) is 6.45. The van der Waals surface area contributed by atoms with Crippen molar-refractivity contribution >= 4 is 17.3 Å². The minimum atomic E-state index is -0.458. The third-order valence-electron chi connectivity index (χ3n) is 4.66. The van der Waals surface area contributed by atoms with E-state index in [0.29, 0.717) is 22.6 Å². The molecule has 2 aromatic carbocycles. The number of hydrogen-bond donors (Lipinski definition) is 0. The molecule has 3 aromatic rings. The van der Waals surface area contributed by atoms with E-state index in [0.717, 1.165) is 17.0 Å². The third kappa shape index (κ3) is 3.87. The monoisotopic (exact) mass is 391 g/mol. The van der Waals surface area contributed by atoms with Gasteiger partial charge in [0.2, 0.25) is 0 Å². The van der Waals surface area contributed by atoms with Gasteiger partial charge in [-0.25, -0.2) is 4.39 Å². The molecule has 1 aromatic heterocycles. The van der Waals surface area contributed by atoms with Crippen LogP contribution in [0.5, 0.6) is 5.75 Å². The van der Waals surface area contributed by atoms with E-state index in [1.165, 1.54) is 31.4 Å². The molecule has 0 saturated heterocycles. The summed E-state index contributed by atoms with van der Waals surface area (Å²) >= 11 is 0. The zero-order valence-corrected chi connectivity index (χ0v) is 16.1. The fourth-order valence-corrected chi connectivity index (χ4v) is 3.24. The maximum Gasteiger partial charge on any atom is 0.271 e. The van der Waals surface area contributed by atoms with Gasteiger partial charge in [0.25, 0.3) is 5.69 Å². The highest BCUT2D eigenvalue weighted by Crippen LogP contribution is 2.32. The summed E-state index contributed by atoms with van der Waals surface area (Å²) in [6.07, 6.45) is 1.72. The van der Waals surface area contributed by atoms with Gasteiger partial charge >= 0.3 is 0 Å². The molecule has 6 nitrogen and oxygen atoms in total. The molecule has 0 amide bonds. The maximum atomic E-state index is 13.2. The summed E-state index contributed by atoms with van der Waals surface area (Å²) in [6, 6.07) is 14.1. The van der Waals surface area contributed by atoms with Gasteiger partial charge in [0.15, 0.2) is 0 Å². The van der Waals surface area contributed by atoms with Crippen LogP contribution < -0.4 is 4.74 Å². The first-order chi connectivity index (χ1) is 13.8. The van der Waals surface area contributed by atoms with Crippen LogP contribution in [0.3, 0.4) is 0 Å². The number of ether oxygens (including phenoxy) is 1. The summed E-state index contributed by atoms with van der Waals surface area (Å²) in [5.41, 5.74) is 3.87. The SMILES string of the molecule is COc1ccc([N+](=O)[O-])cc1-n1c(C)cc(C=C(C#N)c2ccc(F)cc2)c1C. The molecule has 146 valence electrons. The number of halogens is 1. The molecule has 0 aliphatic heterocycles. The number of hydrogen-bond acceptors (Lipinski definition) is 4. The summed E-state index contributed by atoms with van der Waals surface area (Å²) in [5, 5.41) is 20.8. The first-order valence-electron chi connectivity index (χ1n) is 8.75. The van der Waals surface area contributed by atoms with E-state index >= 15 is 0 Å². The number of methoxy groups -OCH3 is 1. The van der Waals surface area contributed by atoms with Crippen molar-refractivity contribution in [2.24, 2.45) is 0 Å². The van der Waals surface area contributed by atoms with Gasteiger partial charge in [-0.2, -0.15) is 5.26 Å². The minimum Gasteiger partial charge on any atom is -0.495 e. The van der Waals surface area contributed by atoms with Gasteiger partial charge in [-0.3, -0.25) is 10.1 Å². The summed E-state index contributed by atoms with van der Waals surface area (Å²) in [4.78, 5) is 10.7. The highest BCUT2D eigenvalue weighted by molar-refractivity contribution is 5.90. The van der Waals surface area contributed by atoms with Crippen molar-refractivity contribution in [1.29, 1.82) is 5.26 Å². The van der Waals surface area contributed by atoms with Crippen LogP contribution in [-0.2, 0) is 0 Å². The van der Waals surface area contributed by atoms with E-state index in [4.69, 9.17) is 4.74 Å². The lowest BCUT2D eigenvalue weighted by atomic mass is 10.0. The number of aromatic nitrogens is 1. The largest absolute Gasteiger partial charge is 0.495 e. The number of rotatable bonds is 5. The smallest absolute Gasteiger partial charge is 0.271 e. The Morgan fingerprint density at radius 2 is 1.90 bits per heavy atom. The molecule has 0 aliphatic rings. The van der Waals surface area contributed by atoms with Crippen LogP contribution in [0.25, 0.3) is 17.3 Å². The molecule has 0 radical (unpaired) electrons. The van der Waals surface area contributed by atoms with Crippen LogP contribution in [0.4, 0.5) is 10.1 Å².